The third-order valence-electron chi connectivity index (χ3n) is 4.85. The molecule has 0 saturated carbocycles. The van der Waals surface area contributed by atoms with Gasteiger partial charge in [-0.3, -0.25) is 0 Å². The van der Waals surface area contributed by atoms with Gasteiger partial charge in [0.25, 0.3) is 0 Å². The molecule has 0 aromatic heterocycles. The number of rotatable bonds is 7. The third-order valence-corrected chi connectivity index (χ3v) is 7.36. The van der Waals surface area contributed by atoms with Crippen molar-refractivity contribution < 1.29 is 24.1 Å². The van der Waals surface area contributed by atoms with Crippen LogP contribution >= 0.6 is 22.6 Å². The summed E-state index contributed by atoms with van der Waals surface area (Å²) in [7, 11) is 4.73. The summed E-state index contributed by atoms with van der Waals surface area (Å²) in [6, 6.07) is 8.98. The van der Waals surface area contributed by atoms with Crippen molar-refractivity contribution in [2.24, 2.45) is 5.92 Å². The summed E-state index contributed by atoms with van der Waals surface area (Å²) in [6.45, 7) is 0. The molecular weight excluding hydrogens is 540 g/mol. The molecule has 1 aliphatic heterocycles. The molecule has 2 aromatic rings. The van der Waals surface area contributed by atoms with Crippen LogP contribution < -0.4 is 23.6 Å². The van der Waals surface area contributed by atoms with Gasteiger partial charge in [-0.25, -0.2) is 0 Å². The second-order valence-corrected chi connectivity index (χ2v) is 8.89. The van der Waals surface area contributed by atoms with Crippen LogP contribution in [-0.2, 0) is 4.79 Å². The summed E-state index contributed by atoms with van der Waals surface area (Å²) in [5.74, 6) is 3.82. The molecule has 1 amide bonds. The number of phenolic OH excluding ortho intramolecular Hbond substituents is 1. The molecule has 3 rings (SSSR count). The van der Waals surface area contributed by atoms with Gasteiger partial charge in [0.1, 0.15) is 0 Å². The quantitative estimate of drug-likeness (QED) is 0.244. The molecular formula is C20H22INO5Se. The summed E-state index contributed by atoms with van der Waals surface area (Å²) < 4.78 is 17.9. The molecule has 0 aliphatic carbocycles. The fourth-order valence-electron chi connectivity index (χ4n) is 3.47. The second-order valence-electron chi connectivity index (χ2n) is 6.23. The second kappa shape index (κ2) is 8.80. The van der Waals surface area contributed by atoms with Crippen LogP contribution in [0.5, 0.6) is 23.0 Å². The molecule has 1 N–H and O–H groups in total. The SMILES string of the molecule is COc1ccc([C@H]2[C@H](CI)C(=O)N2c2cc(OC)c(OC)c([Se]C)c2)cc1O. The van der Waals surface area contributed by atoms with Crippen LogP contribution in [0.1, 0.15) is 11.6 Å². The Kier molecular flexibility index (Phi) is 6.62. The van der Waals surface area contributed by atoms with Crippen molar-refractivity contribution >= 4 is 53.6 Å². The average Bonchev–Trinajstić information content (AvgIpc) is 2.71. The van der Waals surface area contributed by atoms with Crippen molar-refractivity contribution in [3.8, 4) is 23.0 Å². The number of amides is 1. The Morgan fingerprint density at radius 2 is 1.82 bits per heavy atom. The number of carbonyl (C=O) groups excluding carboxylic acids is 1. The van der Waals surface area contributed by atoms with Gasteiger partial charge in [-0.05, 0) is 0 Å². The number of anilines is 1. The number of alkyl halides is 1. The Hall–Kier alpha value is -1.64. The van der Waals surface area contributed by atoms with E-state index in [2.05, 4.69) is 28.4 Å². The van der Waals surface area contributed by atoms with E-state index < -0.39 is 0 Å². The number of β-lactam (4-membered cyclic amide) rings is 1. The minimum absolute atomic E-state index is 0.0661. The number of hydrogen-bond acceptors (Lipinski definition) is 5. The topological polar surface area (TPSA) is 68.2 Å². The Morgan fingerprint density at radius 1 is 1.11 bits per heavy atom. The van der Waals surface area contributed by atoms with E-state index in [0.29, 0.717) is 21.7 Å². The van der Waals surface area contributed by atoms with Crippen molar-refractivity contribution in [1.29, 1.82) is 0 Å². The summed E-state index contributed by atoms with van der Waals surface area (Å²) in [5.41, 5.74) is 1.65. The first-order chi connectivity index (χ1) is 13.5. The Morgan fingerprint density at radius 3 is 2.36 bits per heavy atom. The minimum atomic E-state index is -0.156. The zero-order chi connectivity index (χ0) is 20.4. The van der Waals surface area contributed by atoms with E-state index in [0.717, 1.165) is 15.7 Å². The van der Waals surface area contributed by atoms with E-state index in [-0.39, 0.29) is 38.6 Å². The predicted molar refractivity (Wildman–Crippen MR) is 118 cm³/mol. The number of aromatic hydroxyl groups is 1. The van der Waals surface area contributed by atoms with Crippen LogP contribution in [0.15, 0.2) is 30.3 Å². The molecule has 1 heterocycles. The Bertz CT molecular complexity index is 866. The monoisotopic (exact) mass is 563 g/mol. The van der Waals surface area contributed by atoms with E-state index in [1.807, 2.05) is 18.2 Å². The maximum atomic E-state index is 12.9. The van der Waals surface area contributed by atoms with Crippen LogP contribution in [0.3, 0.4) is 0 Å². The molecule has 1 aliphatic rings. The summed E-state index contributed by atoms with van der Waals surface area (Å²) >= 11 is 2.40. The summed E-state index contributed by atoms with van der Waals surface area (Å²) in [6.07, 6.45) is 0. The number of methoxy groups -OCH3 is 3. The van der Waals surface area contributed by atoms with Crippen LogP contribution in [0.4, 0.5) is 5.69 Å². The fraction of sp³-hybridized carbons (Fsp3) is 0.350. The van der Waals surface area contributed by atoms with Gasteiger partial charge in [-0.15, -0.1) is 0 Å². The third kappa shape index (κ3) is 3.53. The number of nitrogens with zero attached hydrogens (tertiary/aromatic N) is 1. The van der Waals surface area contributed by atoms with Gasteiger partial charge < -0.3 is 0 Å². The zero-order valence-corrected chi connectivity index (χ0v) is 19.9. The van der Waals surface area contributed by atoms with E-state index in [9.17, 15) is 9.90 Å². The van der Waals surface area contributed by atoms with Crippen LogP contribution in [0.2, 0.25) is 5.82 Å². The van der Waals surface area contributed by atoms with Gasteiger partial charge >= 0.3 is 185 Å². The Balaban J connectivity index is 2.07. The van der Waals surface area contributed by atoms with Gasteiger partial charge in [0.05, 0.1) is 0 Å². The fourth-order valence-corrected chi connectivity index (χ4v) is 5.60. The maximum absolute atomic E-state index is 12.9. The molecule has 0 unspecified atom stereocenters. The van der Waals surface area contributed by atoms with Crippen molar-refractivity contribution in [1.82, 2.24) is 0 Å². The van der Waals surface area contributed by atoms with Crippen LogP contribution in [-0.4, -0.2) is 51.7 Å². The Labute approximate surface area is 184 Å². The molecule has 2 aromatic carbocycles. The van der Waals surface area contributed by atoms with E-state index in [1.165, 1.54) is 7.11 Å². The normalized spacial score (nSPS) is 18.6. The van der Waals surface area contributed by atoms with Crippen LogP contribution in [0, 0.1) is 5.92 Å². The summed E-state index contributed by atoms with van der Waals surface area (Å²) in [4.78, 5) is 14.7. The first kappa shape index (κ1) is 21.1. The molecule has 6 nitrogen and oxygen atoms in total. The van der Waals surface area contributed by atoms with E-state index in [4.69, 9.17) is 14.2 Å². The molecule has 8 heteroatoms. The number of ether oxygens (including phenoxy) is 3. The first-order valence-electron chi connectivity index (χ1n) is 8.56. The van der Waals surface area contributed by atoms with Crippen molar-refractivity contribution in [2.75, 3.05) is 30.7 Å². The molecule has 150 valence electrons. The van der Waals surface area contributed by atoms with Gasteiger partial charge in [0.15, 0.2) is 0 Å². The van der Waals surface area contributed by atoms with Crippen molar-refractivity contribution in [3.05, 3.63) is 35.9 Å². The first-order valence-corrected chi connectivity index (χ1v) is 12.7. The van der Waals surface area contributed by atoms with Gasteiger partial charge in [0.2, 0.25) is 0 Å². The molecule has 2 atom stereocenters. The molecule has 1 saturated heterocycles. The van der Waals surface area contributed by atoms with Crippen LogP contribution in [0.25, 0.3) is 0 Å². The average molecular weight is 562 g/mol. The number of halogens is 1. The molecule has 0 bridgehead atoms. The van der Waals surface area contributed by atoms with Crippen molar-refractivity contribution in [2.45, 2.75) is 11.9 Å². The standard InChI is InChI=1S/C20H22INO5Se/c1-25-15-6-5-11(7-14(15)23)18-13(10-21)20(24)22(18)12-8-16(26-2)19(27-3)17(9-12)28-4/h5-9,13,18,23H,10H2,1-4H3/t13-,18-/m0/s1. The van der Waals surface area contributed by atoms with Gasteiger partial charge in [-0.2, -0.15) is 0 Å². The molecule has 28 heavy (non-hydrogen) atoms. The predicted octanol–water partition coefficient (Wildman–Crippen LogP) is 2.93. The number of phenols is 1. The molecule has 0 spiro atoms. The number of carbonyl (C=O) groups is 1. The van der Waals surface area contributed by atoms with Crippen molar-refractivity contribution in [3.63, 3.8) is 0 Å². The zero-order valence-electron chi connectivity index (χ0n) is 16.1. The van der Waals surface area contributed by atoms with Gasteiger partial charge in [0, 0.05) is 0 Å². The van der Waals surface area contributed by atoms with E-state index in [1.54, 1.807) is 31.3 Å². The summed E-state index contributed by atoms with van der Waals surface area (Å²) in [5, 5.41) is 10.2. The number of hydrogen-bond donors (Lipinski definition) is 1. The molecule has 0 radical (unpaired) electrons. The van der Waals surface area contributed by atoms with E-state index >= 15 is 0 Å². The molecule has 1 fully saturated rings. The number of benzene rings is 2. The van der Waals surface area contributed by atoms with Gasteiger partial charge in [-0.1, -0.05) is 0 Å².